The van der Waals surface area contributed by atoms with Gasteiger partial charge >= 0.3 is 0 Å². The van der Waals surface area contributed by atoms with Gasteiger partial charge in [0.1, 0.15) is 11.3 Å². The predicted octanol–water partition coefficient (Wildman–Crippen LogP) is 3.29. The Labute approximate surface area is 161 Å². The topological polar surface area (TPSA) is 77.2 Å². The first kappa shape index (κ1) is 16.8. The lowest BCUT2D eigenvalue weighted by Gasteiger charge is -2.17. The van der Waals surface area contributed by atoms with Crippen LogP contribution >= 0.6 is 0 Å². The highest BCUT2D eigenvalue weighted by atomic mass is 16.5. The van der Waals surface area contributed by atoms with Crippen molar-refractivity contribution >= 4 is 27.6 Å². The molecule has 1 fully saturated rings. The molecule has 28 heavy (non-hydrogen) atoms. The number of benzene rings is 1. The number of hydrogen-bond acceptors (Lipinski definition) is 6. The molecular formula is C20H19N7O. The fraction of sp³-hybridized carbons (Fsp3) is 0.350. The molecule has 0 bridgehead atoms. The zero-order valence-corrected chi connectivity index (χ0v) is 15.8. The van der Waals surface area contributed by atoms with E-state index in [-0.39, 0.29) is 0 Å². The Balaban J connectivity index is 1.76. The Morgan fingerprint density at radius 3 is 2.89 bits per heavy atom. The van der Waals surface area contributed by atoms with Gasteiger partial charge in [-0.1, -0.05) is 11.2 Å². The average molecular weight is 373 g/mol. The van der Waals surface area contributed by atoms with Crippen LogP contribution in [0.25, 0.3) is 26.8 Å². The number of pyridine rings is 1. The largest absolute Gasteiger partial charge is 0.340 e. The second kappa shape index (κ2) is 6.39. The molecule has 0 aliphatic carbocycles. The number of aryl methyl sites for hydroxylation is 1. The summed E-state index contributed by atoms with van der Waals surface area (Å²) in [5.41, 5.74) is 3.34. The van der Waals surface area contributed by atoms with Crippen LogP contribution in [-0.2, 0) is 6.42 Å². The molecule has 1 aromatic carbocycles. The first-order valence-electron chi connectivity index (χ1n) is 9.27. The molecule has 140 valence electrons. The van der Waals surface area contributed by atoms with Gasteiger partial charge < -0.3 is 14.0 Å². The number of hydrogen-bond donors (Lipinski definition) is 0. The van der Waals surface area contributed by atoms with Crippen molar-refractivity contribution in [2.45, 2.75) is 25.8 Å². The van der Waals surface area contributed by atoms with Gasteiger partial charge in [-0.2, -0.15) is 4.98 Å². The maximum Gasteiger partial charge on any atom is 0.223 e. The molecule has 8 nitrogen and oxygen atoms in total. The Morgan fingerprint density at radius 2 is 2.18 bits per heavy atom. The fourth-order valence-corrected chi connectivity index (χ4v) is 4.08. The van der Waals surface area contributed by atoms with Crippen molar-refractivity contribution in [3.63, 3.8) is 0 Å². The van der Waals surface area contributed by atoms with Gasteiger partial charge in [-0.15, -0.1) is 0 Å². The second-order valence-corrected chi connectivity index (χ2v) is 7.31. The van der Waals surface area contributed by atoms with E-state index in [0.717, 1.165) is 47.3 Å². The van der Waals surface area contributed by atoms with E-state index in [9.17, 15) is 0 Å². The van der Waals surface area contributed by atoms with Crippen molar-refractivity contribution in [1.29, 1.82) is 0 Å². The Kier molecular flexibility index (Phi) is 3.84. The van der Waals surface area contributed by atoms with E-state index < -0.39 is 0 Å². The van der Waals surface area contributed by atoms with E-state index >= 15 is 0 Å². The van der Waals surface area contributed by atoms with Crippen molar-refractivity contribution in [3.8, 4) is 0 Å². The first-order valence-corrected chi connectivity index (χ1v) is 9.27. The monoisotopic (exact) mass is 373 g/mol. The molecule has 0 saturated carbocycles. The van der Waals surface area contributed by atoms with Crippen molar-refractivity contribution in [2.75, 3.05) is 20.1 Å². The molecule has 1 aliphatic heterocycles. The number of aromatic nitrogens is 5. The summed E-state index contributed by atoms with van der Waals surface area (Å²) in [6.07, 6.45) is 3.36. The summed E-state index contributed by atoms with van der Waals surface area (Å²) >= 11 is 0. The summed E-state index contributed by atoms with van der Waals surface area (Å²) in [6.45, 7) is 11.2. The van der Waals surface area contributed by atoms with Crippen LogP contribution in [0.5, 0.6) is 0 Å². The molecule has 0 radical (unpaired) electrons. The predicted molar refractivity (Wildman–Crippen MR) is 104 cm³/mol. The molecule has 1 saturated heterocycles. The highest BCUT2D eigenvalue weighted by Crippen LogP contribution is 2.33. The third-order valence-electron chi connectivity index (χ3n) is 5.32. The van der Waals surface area contributed by atoms with Crippen molar-refractivity contribution in [2.24, 2.45) is 0 Å². The van der Waals surface area contributed by atoms with E-state index in [1.807, 2.05) is 18.3 Å². The summed E-state index contributed by atoms with van der Waals surface area (Å²) in [5, 5.41) is 5.01. The number of nitrogens with zero attached hydrogens (tertiary/aromatic N) is 7. The third-order valence-corrected chi connectivity index (χ3v) is 5.32. The molecule has 8 heteroatoms. The van der Waals surface area contributed by atoms with Crippen LogP contribution in [0.2, 0.25) is 0 Å². The summed E-state index contributed by atoms with van der Waals surface area (Å²) < 4.78 is 7.45. The molecule has 0 N–H and O–H groups in total. The molecule has 5 rings (SSSR count). The van der Waals surface area contributed by atoms with E-state index in [4.69, 9.17) is 16.1 Å². The quantitative estimate of drug-likeness (QED) is 0.513. The van der Waals surface area contributed by atoms with Crippen LogP contribution in [0.3, 0.4) is 0 Å². The number of likely N-dealkylation sites (N-methyl/N-ethyl adjacent to an activating group) is 1. The van der Waals surface area contributed by atoms with Crippen LogP contribution in [-0.4, -0.2) is 49.7 Å². The number of rotatable bonds is 3. The van der Waals surface area contributed by atoms with Crippen LogP contribution in [0.1, 0.15) is 30.0 Å². The van der Waals surface area contributed by atoms with Gasteiger partial charge in [-0.25, -0.2) is 9.83 Å². The lowest BCUT2D eigenvalue weighted by molar-refractivity contribution is 0.385. The lowest BCUT2D eigenvalue weighted by Crippen LogP contribution is -2.18. The number of fused-ring (bicyclic) bond motifs is 3. The zero-order valence-electron chi connectivity index (χ0n) is 15.8. The maximum atomic E-state index is 7.38. The van der Waals surface area contributed by atoms with Gasteiger partial charge in [-0.05, 0) is 32.1 Å². The Bertz CT molecular complexity index is 1230. The summed E-state index contributed by atoms with van der Waals surface area (Å²) in [5.74, 6) is 2.07. The van der Waals surface area contributed by atoms with Gasteiger partial charge in [0, 0.05) is 24.9 Å². The minimum atomic E-state index is 0.306. The molecular weight excluding hydrogens is 354 g/mol. The first-order chi connectivity index (χ1) is 13.6. The van der Waals surface area contributed by atoms with E-state index in [2.05, 4.69) is 36.5 Å². The smallest absolute Gasteiger partial charge is 0.223 e. The van der Waals surface area contributed by atoms with E-state index in [1.54, 1.807) is 13.0 Å². The van der Waals surface area contributed by atoms with E-state index in [0.29, 0.717) is 29.9 Å². The van der Waals surface area contributed by atoms with Crippen LogP contribution in [0, 0.1) is 13.5 Å². The van der Waals surface area contributed by atoms with Crippen LogP contribution in [0.15, 0.2) is 28.9 Å². The highest BCUT2D eigenvalue weighted by molar-refractivity contribution is 6.03. The highest BCUT2D eigenvalue weighted by Gasteiger charge is 2.27. The molecule has 1 atom stereocenters. The fourth-order valence-electron chi connectivity index (χ4n) is 4.08. The van der Waals surface area contributed by atoms with Gasteiger partial charge in [0.05, 0.1) is 30.2 Å². The van der Waals surface area contributed by atoms with Crippen molar-refractivity contribution in [3.05, 3.63) is 53.4 Å². The summed E-state index contributed by atoms with van der Waals surface area (Å²) in [6, 6.07) is 5.93. The zero-order chi connectivity index (χ0) is 19.3. The summed E-state index contributed by atoms with van der Waals surface area (Å²) in [7, 11) is 2.14. The second-order valence-electron chi connectivity index (χ2n) is 7.31. The Hall–Kier alpha value is -3.31. The molecule has 0 spiro atoms. The molecule has 0 unspecified atom stereocenters. The van der Waals surface area contributed by atoms with Gasteiger partial charge in [-0.3, -0.25) is 4.98 Å². The minimum Gasteiger partial charge on any atom is -0.340 e. The number of likely N-dealkylation sites (tertiary alicyclic amines) is 1. The molecule has 4 heterocycles. The van der Waals surface area contributed by atoms with E-state index in [1.165, 1.54) is 0 Å². The molecule has 1 aliphatic rings. The molecule has 3 aromatic heterocycles. The summed E-state index contributed by atoms with van der Waals surface area (Å²) in [4.78, 5) is 19.7. The maximum absolute atomic E-state index is 7.38. The van der Waals surface area contributed by atoms with Gasteiger partial charge in [0.25, 0.3) is 0 Å². The Morgan fingerprint density at radius 1 is 1.29 bits per heavy atom. The minimum absolute atomic E-state index is 0.306. The third kappa shape index (κ3) is 2.72. The average Bonchev–Trinajstić information content (AvgIpc) is 3.39. The molecule has 4 aromatic rings. The standard InChI is InChI=1S/C20H19N7O/c1-12-23-18(25-28-12)9-19-24-17-10-22-16-5-4-13(21-2)8-15(16)20(17)27(19)14-6-7-26(3)11-14/h4-5,8,10,14H,6-7,9,11H2,1,3H3/t14-/m1/s1. The van der Waals surface area contributed by atoms with Gasteiger partial charge in [0.15, 0.2) is 11.5 Å². The molecule has 0 amide bonds. The normalized spacial score (nSPS) is 17.5. The van der Waals surface area contributed by atoms with Crippen molar-refractivity contribution < 1.29 is 4.52 Å². The van der Waals surface area contributed by atoms with Gasteiger partial charge in [0.2, 0.25) is 5.89 Å². The lowest BCUT2D eigenvalue weighted by atomic mass is 10.1. The van der Waals surface area contributed by atoms with Crippen LogP contribution in [0.4, 0.5) is 5.69 Å². The van der Waals surface area contributed by atoms with Crippen molar-refractivity contribution in [1.82, 2.24) is 29.6 Å². The SMILES string of the molecule is [C-]#[N+]c1ccc2ncc3nc(Cc4noc(C)n4)n([C@@H]4CCN(C)C4)c3c2c1. The number of imidazole rings is 1. The van der Waals surface area contributed by atoms with Crippen LogP contribution < -0.4 is 0 Å².